The van der Waals surface area contributed by atoms with E-state index in [4.69, 9.17) is 0 Å². The number of hydrogen-bond acceptors (Lipinski definition) is 2. The molecule has 0 fully saturated rings. The predicted octanol–water partition coefficient (Wildman–Crippen LogP) is 0.779. The Bertz CT molecular complexity index is 701. The number of rotatable bonds is 2. The fraction of sp³-hybridized carbons (Fsp3) is 0.235. The van der Waals surface area contributed by atoms with Gasteiger partial charge in [-0.25, -0.2) is 0 Å². The highest BCUT2D eigenvalue weighted by Gasteiger charge is 2.18. The average Bonchev–Trinajstić information content (AvgIpc) is 2.79. The smallest absolute Gasteiger partial charge is 0.263 e. The second-order valence-electron chi connectivity index (χ2n) is 4.98. The molecule has 2 heterocycles. The molecule has 1 aromatic carbocycles. The quantitative estimate of drug-likeness (QED) is 0.525. The fourth-order valence-corrected chi connectivity index (χ4v) is 3.43. The van der Waals surface area contributed by atoms with Crippen LogP contribution in [0.3, 0.4) is 0 Å². The molecular formula is C17H19IN2S. The van der Waals surface area contributed by atoms with Crippen LogP contribution >= 0.6 is 11.3 Å². The van der Waals surface area contributed by atoms with Gasteiger partial charge in [0.1, 0.15) is 7.05 Å². The summed E-state index contributed by atoms with van der Waals surface area (Å²) in [5, 5.41) is 3.48. The minimum absolute atomic E-state index is 0. The number of thiazole rings is 1. The Labute approximate surface area is 147 Å². The SMILES string of the molecule is CCN1/C(=C/c2scc(C)[n+]2C)C=Cc2ccccc21.[I-]. The van der Waals surface area contributed by atoms with Gasteiger partial charge in [0, 0.05) is 30.9 Å². The van der Waals surface area contributed by atoms with Crippen LogP contribution in [0.25, 0.3) is 12.2 Å². The maximum Gasteiger partial charge on any atom is 0.263 e. The van der Waals surface area contributed by atoms with E-state index in [2.05, 4.69) is 78.2 Å². The first kappa shape index (κ1) is 16.2. The molecule has 0 atom stereocenters. The van der Waals surface area contributed by atoms with Crippen molar-refractivity contribution in [2.24, 2.45) is 7.05 Å². The summed E-state index contributed by atoms with van der Waals surface area (Å²) in [7, 11) is 2.12. The van der Waals surface area contributed by atoms with E-state index >= 15 is 0 Å². The van der Waals surface area contributed by atoms with E-state index in [0.717, 1.165) is 6.54 Å². The minimum Gasteiger partial charge on any atom is -1.00 e. The first-order chi connectivity index (χ1) is 9.70. The van der Waals surface area contributed by atoms with Crippen LogP contribution < -0.4 is 33.4 Å². The Balaban J connectivity index is 0.00000161. The molecule has 0 unspecified atom stereocenters. The van der Waals surface area contributed by atoms with Crippen molar-refractivity contribution in [2.45, 2.75) is 13.8 Å². The number of aromatic nitrogens is 1. The molecule has 2 aromatic rings. The zero-order chi connectivity index (χ0) is 14.1. The molecule has 21 heavy (non-hydrogen) atoms. The van der Waals surface area contributed by atoms with Crippen LogP contribution in [0.1, 0.15) is 23.2 Å². The lowest BCUT2D eigenvalue weighted by molar-refractivity contribution is -0.674. The first-order valence-electron chi connectivity index (χ1n) is 6.91. The third-order valence-electron chi connectivity index (χ3n) is 3.77. The van der Waals surface area contributed by atoms with Gasteiger partial charge in [-0.1, -0.05) is 35.6 Å². The molecule has 0 aliphatic carbocycles. The van der Waals surface area contributed by atoms with Crippen molar-refractivity contribution < 1.29 is 28.5 Å². The van der Waals surface area contributed by atoms with Crippen molar-refractivity contribution in [1.29, 1.82) is 0 Å². The minimum atomic E-state index is 0. The van der Waals surface area contributed by atoms with E-state index in [-0.39, 0.29) is 24.0 Å². The third-order valence-corrected chi connectivity index (χ3v) is 4.86. The highest BCUT2D eigenvalue weighted by atomic mass is 127. The lowest BCUT2D eigenvalue weighted by Crippen LogP contribution is -3.00. The summed E-state index contributed by atoms with van der Waals surface area (Å²) < 4.78 is 2.24. The molecular weight excluding hydrogens is 391 g/mol. The van der Waals surface area contributed by atoms with Gasteiger partial charge < -0.3 is 28.9 Å². The van der Waals surface area contributed by atoms with Crippen LogP contribution in [0, 0.1) is 6.92 Å². The first-order valence-corrected chi connectivity index (χ1v) is 7.79. The van der Waals surface area contributed by atoms with Gasteiger partial charge in [0.25, 0.3) is 5.01 Å². The number of anilines is 1. The molecule has 1 aromatic heterocycles. The van der Waals surface area contributed by atoms with Crippen LogP contribution in [0.4, 0.5) is 5.69 Å². The van der Waals surface area contributed by atoms with Gasteiger partial charge in [-0.2, -0.15) is 4.57 Å². The molecule has 1 aliphatic rings. The van der Waals surface area contributed by atoms with Gasteiger partial charge in [-0.15, -0.1) is 0 Å². The van der Waals surface area contributed by atoms with Crippen molar-refractivity contribution in [1.82, 2.24) is 0 Å². The maximum atomic E-state index is 2.37. The molecule has 0 amide bonds. The lowest BCUT2D eigenvalue weighted by atomic mass is 10.1. The zero-order valence-electron chi connectivity index (χ0n) is 12.5. The Morgan fingerprint density at radius 3 is 2.67 bits per heavy atom. The van der Waals surface area contributed by atoms with E-state index in [1.165, 1.54) is 27.6 Å². The molecule has 110 valence electrons. The molecule has 0 radical (unpaired) electrons. The van der Waals surface area contributed by atoms with Gasteiger partial charge in [-0.3, -0.25) is 0 Å². The molecule has 2 nitrogen and oxygen atoms in total. The summed E-state index contributed by atoms with van der Waals surface area (Å²) in [5.74, 6) is 0. The molecule has 1 aliphatic heterocycles. The largest absolute Gasteiger partial charge is 1.00 e. The van der Waals surface area contributed by atoms with Crippen LogP contribution in [0.2, 0.25) is 0 Å². The molecule has 0 N–H and O–H groups in total. The van der Waals surface area contributed by atoms with E-state index in [9.17, 15) is 0 Å². The number of hydrogen-bond donors (Lipinski definition) is 0. The molecule has 4 heteroatoms. The third kappa shape index (κ3) is 3.06. The van der Waals surface area contributed by atoms with Crippen molar-refractivity contribution in [3.8, 4) is 0 Å². The number of halogens is 1. The van der Waals surface area contributed by atoms with Crippen LogP contribution in [0.15, 0.2) is 41.4 Å². The highest BCUT2D eigenvalue weighted by Crippen LogP contribution is 2.31. The van der Waals surface area contributed by atoms with Crippen molar-refractivity contribution >= 4 is 29.2 Å². The van der Waals surface area contributed by atoms with E-state index in [1.54, 1.807) is 11.3 Å². The summed E-state index contributed by atoms with van der Waals surface area (Å²) in [6.07, 6.45) is 6.68. The number of likely N-dealkylation sites (N-methyl/N-ethyl adjacent to an activating group) is 1. The number of allylic oxidation sites excluding steroid dienone is 1. The molecule has 3 rings (SSSR count). The zero-order valence-corrected chi connectivity index (χ0v) is 15.5. The Hall–Kier alpha value is -1.14. The van der Waals surface area contributed by atoms with E-state index in [0.29, 0.717) is 0 Å². The monoisotopic (exact) mass is 410 g/mol. The predicted molar refractivity (Wildman–Crippen MR) is 86.7 cm³/mol. The van der Waals surface area contributed by atoms with Gasteiger partial charge in [0.2, 0.25) is 0 Å². The molecule has 0 saturated carbocycles. The van der Waals surface area contributed by atoms with E-state index in [1.807, 2.05) is 0 Å². The number of nitrogens with zero attached hydrogens (tertiary/aromatic N) is 2. The summed E-state index contributed by atoms with van der Waals surface area (Å²) in [6.45, 7) is 5.31. The van der Waals surface area contributed by atoms with Crippen LogP contribution in [-0.4, -0.2) is 6.54 Å². The highest BCUT2D eigenvalue weighted by molar-refractivity contribution is 7.10. The Morgan fingerprint density at radius 2 is 2.00 bits per heavy atom. The number of benzene rings is 1. The Morgan fingerprint density at radius 1 is 1.24 bits per heavy atom. The fourth-order valence-electron chi connectivity index (χ4n) is 2.49. The summed E-state index contributed by atoms with van der Waals surface area (Å²) >= 11 is 1.79. The number of fused-ring (bicyclic) bond motifs is 1. The standard InChI is InChI=1S/C17H19N2S.HI/c1-4-19-15(11-17-18(3)13(2)12-20-17)10-9-14-7-5-6-8-16(14)19;/h5-12H,4H2,1-3H3;1H/q+1;/p-1. The second-order valence-corrected chi connectivity index (χ2v) is 5.87. The summed E-state index contributed by atoms with van der Waals surface area (Å²) in [4.78, 5) is 2.37. The number of aryl methyl sites for hydroxylation is 1. The number of para-hydroxylation sites is 1. The van der Waals surface area contributed by atoms with Gasteiger partial charge in [0.15, 0.2) is 5.69 Å². The molecule has 0 spiro atoms. The maximum absolute atomic E-state index is 2.37. The van der Waals surface area contributed by atoms with Crippen molar-refractivity contribution in [3.63, 3.8) is 0 Å². The second kappa shape index (κ2) is 6.75. The van der Waals surface area contributed by atoms with Crippen LogP contribution in [-0.2, 0) is 7.05 Å². The van der Waals surface area contributed by atoms with Crippen molar-refractivity contribution in [2.75, 3.05) is 11.4 Å². The van der Waals surface area contributed by atoms with Gasteiger partial charge in [0.05, 0.1) is 5.38 Å². The van der Waals surface area contributed by atoms with E-state index < -0.39 is 0 Å². The average molecular weight is 410 g/mol. The summed E-state index contributed by atoms with van der Waals surface area (Å²) in [5.41, 5.74) is 5.13. The van der Waals surface area contributed by atoms with Crippen molar-refractivity contribution in [3.05, 3.63) is 57.7 Å². The summed E-state index contributed by atoms with van der Waals surface area (Å²) in [6, 6.07) is 8.55. The normalized spacial score (nSPS) is 15.0. The van der Waals surface area contributed by atoms with Crippen LogP contribution in [0.5, 0.6) is 0 Å². The lowest BCUT2D eigenvalue weighted by Gasteiger charge is -2.28. The molecule has 0 saturated heterocycles. The Kier molecular flexibility index (Phi) is 5.22. The topological polar surface area (TPSA) is 7.12 Å². The van der Waals surface area contributed by atoms with Gasteiger partial charge >= 0.3 is 0 Å². The van der Waals surface area contributed by atoms with Gasteiger partial charge in [-0.05, 0) is 24.6 Å². The molecule has 0 bridgehead atoms.